The molecule has 26 heavy (non-hydrogen) atoms. The number of aromatic hydroxyl groups is 1. The van der Waals surface area contributed by atoms with Gasteiger partial charge in [0, 0.05) is 17.8 Å². The van der Waals surface area contributed by atoms with Gasteiger partial charge in [-0.15, -0.1) is 0 Å². The monoisotopic (exact) mass is 352 g/mol. The summed E-state index contributed by atoms with van der Waals surface area (Å²) in [5.74, 6) is 1.29. The Bertz CT molecular complexity index is 767. The van der Waals surface area contributed by atoms with Crippen LogP contribution in [0.2, 0.25) is 0 Å². The molecule has 0 atom stereocenters. The summed E-state index contributed by atoms with van der Waals surface area (Å²) in [6.07, 6.45) is 5.37. The van der Waals surface area contributed by atoms with Crippen LogP contribution in [0.3, 0.4) is 0 Å². The summed E-state index contributed by atoms with van der Waals surface area (Å²) >= 11 is 0. The predicted molar refractivity (Wildman–Crippen MR) is 103 cm³/mol. The second-order valence-corrected chi connectivity index (χ2v) is 6.45. The molecule has 0 saturated carbocycles. The highest BCUT2D eigenvalue weighted by Crippen LogP contribution is 2.20. The number of hydrogen-bond donors (Lipinski definition) is 3. The van der Waals surface area contributed by atoms with E-state index in [0.29, 0.717) is 18.2 Å². The number of benzene rings is 2. The maximum Gasteiger partial charge on any atom is 0.248 e. The van der Waals surface area contributed by atoms with Crippen molar-refractivity contribution in [3.63, 3.8) is 0 Å². The van der Waals surface area contributed by atoms with Gasteiger partial charge in [0.25, 0.3) is 0 Å². The predicted octanol–water partition coefficient (Wildman–Crippen LogP) is 3.42. The minimum absolute atomic E-state index is 0.172. The van der Waals surface area contributed by atoms with E-state index in [2.05, 4.69) is 10.6 Å². The van der Waals surface area contributed by atoms with E-state index in [4.69, 9.17) is 4.74 Å². The molecule has 0 radical (unpaired) electrons. The molecule has 1 fully saturated rings. The number of amides is 1. The lowest BCUT2D eigenvalue weighted by Gasteiger charge is -2.22. The number of carbonyl (C=O) groups excluding carboxylic acids is 1. The van der Waals surface area contributed by atoms with Crippen LogP contribution in [0.25, 0.3) is 6.08 Å². The van der Waals surface area contributed by atoms with E-state index in [1.54, 1.807) is 24.3 Å². The van der Waals surface area contributed by atoms with Crippen LogP contribution in [-0.4, -0.2) is 30.7 Å². The topological polar surface area (TPSA) is 70.6 Å². The molecular weight excluding hydrogens is 328 g/mol. The van der Waals surface area contributed by atoms with Crippen molar-refractivity contribution in [3.8, 4) is 11.5 Å². The van der Waals surface area contributed by atoms with Gasteiger partial charge >= 0.3 is 0 Å². The van der Waals surface area contributed by atoms with Crippen LogP contribution in [0.15, 0.2) is 54.6 Å². The first-order valence-corrected chi connectivity index (χ1v) is 8.91. The third-order valence-electron chi connectivity index (χ3n) is 4.34. The van der Waals surface area contributed by atoms with Gasteiger partial charge < -0.3 is 20.5 Å². The van der Waals surface area contributed by atoms with Crippen LogP contribution in [0, 0.1) is 5.92 Å². The van der Waals surface area contributed by atoms with Gasteiger partial charge in [-0.25, -0.2) is 0 Å². The standard InChI is InChI=1S/C21H24N2O3/c24-19-5-1-3-16(13-19)7-8-21(25)23-18-4-2-6-20(14-18)26-15-17-9-11-22-12-10-17/h1-8,13-14,17,22,24H,9-12,15H2,(H,23,25). The second kappa shape index (κ2) is 9.06. The summed E-state index contributed by atoms with van der Waals surface area (Å²) in [7, 11) is 0. The summed E-state index contributed by atoms with van der Waals surface area (Å²) < 4.78 is 5.89. The second-order valence-electron chi connectivity index (χ2n) is 6.45. The highest BCUT2D eigenvalue weighted by atomic mass is 16.5. The maximum atomic E-state index is 12.1. The fraction of sp³-hybridized carbons (Fsp3) is 0.286. The van der Waals surface area contributed by atoms with Crippen LogP contribution in [0.4, 0.5) is 5.69 Å². The van der Waals surface area contributed by atoms with E-state index in [9.17, 15) is 9.90 Å². The Hall–Kier alpha value is -2.79. The Morgan fingerprint density at radius 1 is 1.19 bits per heavy atom. The van der Waals surface area contributed by atoms with Crippen molar-refractivity contribution in [2.45, 2.75) is 12.8 Å². The Labute approximate surface area is 153 Å². The number of carbonyl (C=O) groups is 1. The van der Waals surface area contributed by atoms with Crippen molar-refractivity contribution in [3.05, 3.63) is 60.2 Å². The molecule has 0 unspecified atom stereocenters. The van der Waals surface area contributed by atoms with Crippen molar-refractivity contribution in [2.75, 3.05) is 25.0 Å². The lowest BCUT2D eigenvalue weighted by Crippen LogP contribution is -2.30. The van der Waals surface area contributed by atoms with Crippen molar-refractivity contribution in [2.24, 2.45) is 5.92 Å². The molecule has 1 saturated heterocycles. The van der Waals surface area contributed by atoms with Crippen molar-refractivity contribution >= 4 is 17.7 Å². The lowest BCUT2D eigenvalue weighted by atomic mass is 9.99. The molecule has 1 heterocycles. The molecule has 0 spiro atoms. The molecular formula is C21H24N2O3. The molecule has 1 aliphatic heterocycles. The van der Waals surface area contributed by atoms with Crippen molar-refractivity contribution in [1.82, 2.24) is 5.32 Å². The van der Waals surface area contributed by atoms with Crippen molar-refractivity contribution < 1.29 is 14.6 Å². The fourth-order valence-corrected chi connectivity index (χ4v) is 2.91. The van der Waals surface area contributed by atoms with E-state index in [1.165, 1.54) is 6.08 Å². The summed E-state index contributed by atoms with van der Waals surface area (Å²) in [6, 6.07) is 14.2. The molecule has 5 nitrogen and oxygen atoms in total. The largest absolute Gasteiger partial charge is 0.508 e. The molecule has 0 aliphatic carbocycles. The van der Waals surface area contributed by atoms with Gasteiger partial charge in [0.2, 0.25) is 5.91 Å². The van der Waals surface area contributed by atoms with Gasteiger partial charge in [0.05, 0.1) is 6.61 Å². The molecule has 5 heteroatoms. The number of phenols is 1. The van der Waals surface area contributed by atoms with E-state index in [0.717, 1.165) is 37.2 Å². The number of nitrogens with one attached hydrogen (secondary N) is 2. The van der Waals surface area contributed by atoms with Gasteiger partial charge in [-0.3, -0.25) is 4.79 Å². The van der Waals surface area contributed by atoms with E-state index in [-0.39, 0.29) is 11.7 Å². The van der Waals surface area contributed by atoms with Gasteiger partial charge in [0.15, 0.2) is 0 Å². The number of ether oxygens (including phenoxy) is 1. The third kappa shape index (κ3) is 5.63. The lowest BCUT2D eigenvalue weighted by molar-refractivity contribution is -0.111. The zero-order valence-corrected chi connectivity index (χ0v) is 14.7. The van der Waals surface area contributed by atoms with Crippen LogP contribution in [-0.2, 0) is 4.79 Å². The van der Waals surface area contributed by atoms with E-state index < -0.39 is 0 Å². The quantitative estimate of drug-likeness (QED) is 0.697. The Morgan fingerprint density at radius 2 is 2.00 bits per heavy atom. The fourth-order valence-electron chi connectivity index (χ4n) is 2.91. The molecule has 1 aliphatic rings. The molecule has 0 bridgehead atoms. The van der Waals surface area contributed by atoms with Crippen LogP contribution in [0.5, 0.6) is 11.5 Å². The minimum Gasteiger partial charge on any atom is -0.508 e. The van der Waals surface area contributed by atoms with Gasteiger partial charge in [-0.05, 0) is 67.8 Å². The number of phenolic OH excluding ortho intramolecular Hbond substituents is 1. The Kier molecular flexibility index (Phi) is 6.28. The first kappa shape index (κ1) is 18.0. The molecule has 2 aromatic rings. The van der Waals surface area contributed by atoms with Gasteiger partial charge in [-0.2, -0.15) is 0 Å². The zero-order valence-electron chi connectivity index (χ0n) is 14.7. The molecule has 136 valence electrons. The van der Waals surface area contributed by atoms with Gasteiger partial charge in [0.1, 0.15) is 11.5 Å². The number of rotatable bonds is 6. The highest BCUT2D eigenvalue weighted by Gasteiger charge is 2.13. The molecule has 2 aromatic carbocycles. The number of hydrogen-bond acceptors (Lipinski definition) is 4. The number of anilines is 1. The molecule has 1 amide bonds. The van der Waals surface area contributed by atoms with E-state index in [1.807, 2.05) is 30.3 Å². The normalized spacial score (nSPS) is 15.1. The average Bonchev–Trinajstić information content (AvgIpc) is 2.66. The molecule has 3 rings (SSSR count). The van der Waals surface area contributed by atoms with Crippen molar-refractivity contribution in [1.29, 1.82) is 0 Å². The average molecular weight is 352 g/mol. The maximum absolute atomic E-state index is 12.1. The minimum atomic E-state index is -0.233. The SMILES string of the molecule is O=C(C=Cc1cccc(O)c1)Nc1cccc(OCC2CCNCC2)c1. The smallest absolute Gasteiger partial charge is 0.248 e. The molecule has 3 N–H and O–H groups in total. The van der Waals surface area contributed by atoms with Gasteiger partial charge in [-0.1, -0.05) is 18.2 Å². The summed E-state index contributed by atoms with van der Waals surface area (Å²) in [5.41, 5.74) is 1.46. The Morgan fingerprint density at radius 3 is 2.81 bits per heavy atom. The van der Waals surface area contributed by atoms with Crippen LogP contribution < -0.4 is 15.4 Å². The zero-order chi connectivity index (χ0) is 18.2. The Balaban J connectivity index is 1.53. The summed E-state index contributed by atoms with van der Waals surface area (Å²) in [6.45, 7) is 2.81. The first-order valence-electron chi connectivity index (χ1n) is 8.91. The molecule has 0 aromatic heterocycles. The summed E-state index contributed by atoms with van der Waals surface area (Å²) in [5, 5.41) is 15.6. The third-order valence-corrected chi connectivity index (χ3v) is 4.34. The van der Waals surface area contributed by atoms with Crippen LogP contribution in [0.1, 0.15) is 18.4 Å². The summed E-state index contributed by atoms with van der Waals surface area (Å²) in [4.78, 5) is 12.1. The highest BCUT2D eigenvalue weighted by molar-refractivity contribution is 6.02. The first-order chi connectivity index (χ1) is 12.7. The van der Waals surface area contributed by atoms with Crippen LogP contribution >= 0.6 is 0 Å². The number of piperidine rings is 1. The van der Waals surface area contributed by atoms with E-state index >= 15 is 0 Å².